The molecule has 0 fully saturated rings. The van der Waals surface area contributed by atoms with Crippen molar-refractivity contribution in [3.8, 4) is 5.75 Å². The number of halogens is 4. The molecule has 1 aromatic heterocycles. The highest BCUT2D eigenvalue weighted by atomic mass is 79.9. The van der Waals surface area contributed by atoms with Crippen LogP contribution in [0.1, 0.15) is 10.5 Å². The highest BCUT2D eigenvalue weighted by Gasteiger charge is 2.19. The number of para-hydroxylation sites is 1. The van der Waals surface area contributed by atoms with Gasteiger partial charge in [0.25, 0.3) is 0 Å². The molecule has 0 radical (unpaired) electrons. The second kappa shape index (κ2) is 6.09. The Kier molecular flexibility index (Phi) is 4.68. The van der Waals surface area contributed by atoms with E-state index in [1.54, 1.807) is 24.3 Å². The van der Waals surface area contributed by atoms with Crippen LogP contribution in [0.25, 0.3) is 0 Å². The first-order valence-electron chi connectivity index (χ1n) is 4.97. The quantitative estimate of drug-likeness (QED) is 0.541. The van der Waals surface area contributed by atoms with Crippen LogP contribution in [-0.2, 0) is 0 Å². The Hall–Kier alpha value is -0.810. The van der Waals surface area contributed by atoms with Gasteiger partial charge in [-0.1, -0.05) is 46.9 Å². The molecule has 3 nitrogen and oxygen atoms in total. The highest BCUT2D eigenvalue weighted by Crippen LogP contribution is 2.32. The van der Waals surface area contributed by atoms with Crippen LogP contribution >= 0.6 is 50.7 Å². The van der Waals surface area contributed by atoms with E-state index in [1.807, 2.05) is 0 Å². The highest BCUT2D eigenvalue weighted by molar-refractivity contribution is 9.10. The molecule has 0 saturated heterocycles. The van der Waals surface area contributed by atoms with E-state index in [1.165, 1.54) is 6.20 Å². The maximum absolute atomic E-state index is 12.0. The summed E-state index contributed by atoms with van der Waals surface area (Å²) in [5.74, 6) is -0.355. The Morgan fingerprint density at radius 3 is 2.53 bits per heavy atom. The first-order chi connectivity index (χ1) is 9.00. The van der Waals surface area contributed by atoms with Crippen molar-refractivity contribution in [2.75, 3.05) is 0 Å². The fourth-order valence-corrected chi connectivity index (χ4v) is 2.18. The number of rotatable bonds is 2. The molecule has 0 aliphatic rings. The van der Waals surface area contributed by atoms with Crippen molar-refractivity contribution in [1.29, 1.82) is 0 Å². The molecule has 0 spiro atoms. The summed E-state index contributed by atoms with van der Waals surface area (Å²) in [7, 11) is 0. The second-order valence-electron chi connectivity index (χ2n) is 3.40. The van der Waals surface area contributed by atoms with E-state index >= 15 is 0 Å². The number of benzene rings is 1. The van der Waals surface area contributed by atoms with Crippen molar-refractivity contribution in [2.45, 2.75) is 0 Å². The van der Waals surface area contributed by atoms with Crippen molar-refractivity contribution < 1.29 is 9.53 Å². The van der Waals surface area contributed by atoms with Crippen LogP contribution in [0.15, 0.2) is 34.9 Å². The lowest BCUT2D eigenvalue weighted by atomic mass is 10.3. The van der Waals surface area contributed by atoms with Gasteiger partial charge in [0.2, 0.25) is 0 Å². The molecule has 0 atom stereocenters. The summed E-state index contributed by atoms with van der Waals surface area (Å²) in [6, 6.07) is 6.91. The number of esters is 1. The van der Waals surface area contributed by atoms with Gasteiger partial charge in [-0.2, -0.15) is 0 Å². The number of carbonyl (C=O) groups excluding carboxylic acids is 1. The van der Waals surface area contributed by atoms with Gasteiger partial charge < -0.3 is 4.74 Å². The number of hydrogen-bond acceptors (Lipinski definition) is 3. The average Bonchev–Trinajstić information content (AvgIpc) is 2.39. The van der Waals surface area contributed by atoms with E-state index in [-0.39, 0.29) is 20.8 Å². The Bertz CT molecular complexity index is 649. The molecule has 7 heteroatoms. The number of aromatic nitrogens is 1. The van der Waals surface area contributed by atoms with Gasteiger partial charge in [-0.05, 0) is 28.1 Å². The summed E-state index contributed by atoms with van der Waals surface area (Å²) in [4.78, 5) is 15.8. The first kappa shape index (κ1) is 14.6. The predicted molar refractivity (Wildman–Crippen MR) is 78.4 cm³/mol. The summed E-state index contributed by atoms with van der Waals surface area (Å²) < 4.78 is 5.81. The van der Waals surface area contributed by atoms with Crippen LogP contribution in [0.3, 0.4) is 0 Å². The molecule has 1 heterocycles. The standard InChI is InChI=1S/C12H5BrCl3NO2/c13-6-3-1-2-4-8(6)19-12(18)11-10(16)9(15)7(14)5-17-11/h1-5H. The second-order valence-corrected chi connectivity index (χ2v) is 5.42. The Balaban J connectivity index is 2.31. The van der Waals surface area contributed by atoms with Crippen molar-refractivity contribution >= 4 is 56.7 Å². The van der Waals surface area contributed by atoms with Crippen molar-refractivity contribution in [2.24, 2.45) is 0 Å². The maximum atomic E-state index is 12.0. The number of hydrogen-bond donors (Lipinski definition) is 0. The number of nitrogens with zero attached hydrogens (tertiary/aromatic N) is 1. The molecule has 2 aromatic rings. The summed E-state index contributed by atoms with van der Waals surface area (Å²) in [6.45, 7) is 0. The minimum Gasteiger partial charge on any atom is -0.421 e. The minimum atomic E-state index is -0.713. The van der Waals surface area contributed by atoms with E-state index < -0.39 is 5.97 Å². The SMILES string of the molecule is O=C(Oc1ccccc1Br)c1ncc(Cl)c(Cl)c1Cl. The molecule has 2 rings (SSSR count). The van der Waals surface area contributed by atoms with E-state index in [0.717, 1.165) is 0 Å². The van der Waals surface area contributed by atoms with Crippen LogP contribution in [0.2, 0.25) is 15.1 Å². The molecule has 0 saturated carbocycles. The summed E-state index contributed by atoms with van der Waals surface area (Å²) >= 11 is 20.7. The zero-order chi connectivity index (χ0) is 14.0. The summed E-state index contributed by atoms with van der Waals surface area (Å²) in [5, 5.41) is 0.202. The zero-order valence-electron chi connectivity index (χ0n) is 9.16. The van der Waals surface area contributed by atoms with Gasteiger partial charge >= 0.3 is 5.97 Å². The normalized spacial score (nSPS) is 10.3. The number of carbonyl (C=O) groups is 1. The van der Waals surface area contributed by atoms with Gasteiger partial charge in [-0.25, -0.2) is 9.78 Å². The third-order valence-corrected chi connectivity index (χ3v) is 4.05. The van der Waals surface area contributed by atoms with Gasteiger partial charge in [-0.3, -0.25) is 0 Å². The Labute approximate surface area is 132 Å². The van der Waals surface area contributed by atoms with Crippen LogP contribution in [0.5, 0.6) is 5.75 Å². The third-order valence-electron chi connectivity index (χ3n) is 2.15. The molecule has 0 bridgehead atoms. The molecule has 0 amide bonds. The van der Waals surface area contributed by atoms with E-state index in [9.17, 15) is 4.79 Å². The van der Waals surface area contributed by atoms with Crippen LogP contribution < -0.4 is 4.74 Å². The average molecular weight is 381 g/mol. The smallest absolute Gasteiger partial charge is 0.363 e. The monoisotopic (exact) mass is 379 g/mol. The van der Waals surface area contributed by atoms with Gasteiger partial charge in [-0.15, -0.1) is 0 Å². The van der Waals surface area contributed by atoms with Gasteiger partial charge in [0, 0.05) is 6.20 Å². The van der Waals surface area contributed by atoms with Crippen molar-refractivity contribution in [3.05, 3.63) is 55.7 Å². The maximum Gasteiger partial charge on any atom is 0.363 e. The molecule has 0 aliphatic heterocycles. The minimum absolute atomic E-state index is 0.0359. The topological polar surface area (TPSA) is 39.2 Å². The number of ether oxygens (including phenoxy) is 1. The fraction of sp³-hybridized carbons (Fsp3) is 0. The summed E-state index contributed by atoms with van der Waals surface area (Å²) in [6.07, 6.45) is 1.24. The van der Waals surface area contributed by atoms with E-state index in [4.69, 9.17) is 39.5 Å². The molecular formula is C12H5BrCl3NO2. The molecule has 1 aromatic carbocycles. The van der Waals surface area contributed by atoms with Gasteiger partial charge in [0.05, 0.1) is 19.5 Å². The zero-order valence-corrected chi connectivity index (χ0v) is 13.0. The summed E-state index contributed by atoms with van der Waals surface area (Å²) in [5.41, 5.74) is -0.0909. The van der Waals surface area contributed by atoms with E-state index in [0.29, 0.717) is 10.2 Å². The van der Waals surface area contributed by atoms with Crippen LogP contribution in [0, 0.1) is 0 Å². The van der Waals surface area contributed by atoms with Gasteiger partial charge in [0.15, 0.2) is 5.69 Å². The number of pyridine rings is 1. The molecule has 0 N–H and O–H groups in total. The third kappa shape index (κ3) is 3.20. The van der Waals surface area contributed by atoms with Gasteiger partial charge in [0.1, 0.15) is 5.75 Å². The lowest BCUT2D eigenvalue weighted by Crippen LogP contribution is -2.11. The largest absolute Gasteiger partial charge is 0.421 e. The lowest BCUT2D eigenvalue weighted by molar-refractivity contribution is 0.0727. The Morgan fingerprint density at radius 2 is 1.84 bits per heavy atom. The van der Waals surface area contributed by atoms with Crippen LogP contribution in [-0.4, -0.2) is 11.0 Å². The molecule has 19 heavy (non-hydrogen) atoms. The lowest BCUT2D eigenvalue weighted by Gasteiger charge is -2.07. The first-order valence-corrected chi connectivity index (χ1v) is 6.89. The molecular weight excluding hydrogens is 376 g/mol. The molecule has 0 unspecified atom stereocenters. The van der Waals surface area contributed by atoms with Crippen LogP contribution in [0.4, 0.5) is 0 Å². The molecule has 98 valence electrons. The Morgan fingerprint density at radius 1 is 1.16 bits per heavy atom. The molecule has 0 aliphatic carbocycles. The predicted octanol–water partition coefficient (Wildman–Crippen LogP) is 5.02. The van der Waals surface area contributed by atoms with E-state index in [2.05, 4.69) is 20.9 Å². The van der Waals surface area contributed by atoms with Crippen molar-refractivity contribution in [3.63, 3.8) is 0 Å². The van der Waals surface area contributed by atoms with Crippen molar-refractivity contribution in [1.82, 2.24) is 4.98 Å². The fourth-order valence-electron chi connectivity index (χ4n) is 1.26.